The molecule has 0 fully saturated rings. The largest absolute Gasteiger partial charge is 0.377 e. The summed E-state index contributed by atoms with van der Waals surface area (Å²) in [4.78, 5) is 30.0. The van der Waals surface area contributed by atoms with Crippen molar-refractivity contribution in [3.8, 4) is 0 Å². The highest BCUT2D eigenvalue weighted by molar-refractivity contribution is 7.12. The average Bonchev–Trinajstić information content (AvgIpc) is 3.14. The van der Waals surface area contributed by atoms with Gasteiger partial charge in [0, 0.05) is 45.0 Å². The first-order chi connectivity index (χ1) is 13.6. The van der Waals surface area contributed by atoms with Crippen LogP contribution in [0.5, 0.6) is 0 Å². The molecule has 5 nitrogen and oxygen atoms in total. The summed E-state index contributed by atoms with van der Waals surface area (Å²) in [7, 11) is 3.98. The number of carbonyl (C=O) groups excluding carboxylic acids is 2. The number of hydrogen-bond acceptors (Lipinski definition) is 4. The van der Waals surface area contributed by atoms with Crippen LogP contribution < -0.4 is 10.2 Å². The number of rotatable bonds is 8. The molecule has 0 atom stereocenters. The van der Waals surface area contributed by atoms with Gasteiger partial charge in [0.05, 0.1) is 4.88 Å². The summed E-state index contributed by atoms with van der Waals surface area (Å²) >= 11 is 1.42. The zero-order chi connectivity index (χ0) is 21.6. The van der Waals surface area contributed by atoms with Crippen LogP contribution in [0.2, 0.25) is 0 Å². The van der Waals surface area contributed by atoms with Crippen LogP contribution in [-0.4, -0.2) is 37.4 Å². The Hall–Kier alpha value is -2.34. The van der Waals surface area contributed by atoms with Gasteiger partial charge in [-0.3, -0.25) is 9.59 Å². The van der Waals surface area contributed by atoms with Crippen molar-refractivity contribution in [1.82, 2.24) is 4.90 Å². The van der Waals surface area contributed by atoms with Crippen molar-refractivity contribution in [3.63, 3.8) is 0 Å². The second-order valence-corrected chi connectivity index (χ2v) is 9.67. The van der Waals surface area contributed by atoms with Gasteiger partial charge in [0.15, 0.2) is 0 Å². The molecule has 2 amide bonds. The van der Waals surface area contributed by atoms with Crippen molar-refractivity contribution in [2.75, 3.05) is 30.9 Å². The molecule has 0 aliphatic rings. The van der Waals surface area contributed by atoms with E-state index in [1.54, 1.807) is 0 Å². The Morgan fingerprint density at radius 1 is 1.14 bits per heavy atom. The molecule has 1 N–H and O–H groups in total. The molecule has 0 radical (unpaired) electrons. The fourth-order valence-electron chi connectivity index (χ4n) is 3.16. The van der Waals surface area contributed by atoms with Gasteiger partial charge in [0.25, 0.3) is 5.91 Å². The molecule has 0 aliphatic carbocycles. The van der Waals surface area contributed by atoms with E-state index in [1.165, 1.54) is 11.3 Å². The van der Waals surface area contributed by atoms with Crippen LogP contribution in [0.3, 0.4) is 0 Å². The summed E-state index contributed by atoms with van der Waals surface area (Å²) in [5.74, 6) is 0.0508. The Bertz CT molecular complexity index is 823. The summed E-state index contributed by atoms with van der Waals surface area (Å²) in [6, 6.07) is 9.56. The lowest BCUT2D eigenvalue weighted by molar-refractivity contribution is -0.133. The quantitative estimate of drug-likeness (QED) is 0.641. The van der Waals surface area contributed by atoms with Crippen LogP contribution in [0, 0.1) is 5.41 Å². The van der Waals surface area contributed by atoms with E-state index in [1.807, 2.05) is 59.6 Å². The van der Waals surface area contributed by atoms with E-state index >= 15 is 0 Å². The molecule has 29 heavy (non-hydrogen) atoms. The maximum atomic E-state index is 12.9. The summed E-state index contributed by atoms with van der Waals surface area (Å²) < 4.78 is 0. The maximum absolute atomic E-state index is 12.9. The van der Waals surface area contributed by atoms with Crippen LogP contribution in [0.1, 0.15) is 55.8 Å². The Kier molecular flexibility index (Phi) is 7.85. The Labute approximate surface area is 178 Å². The molecular weight excluding hydrogens is 382 g/mol. The van der Waals surface area contributed by atoms with Gasteiger partial charge in [-0.2, -0.15) is 0 Å². The zero-order valence-corrected chi connectivity index (χ0v) is 19.2. The van der Waals surface area contributed by atoms with E-state index in [0.29, 0.717) is 24.4 Å². The normalized spacial score (nSPS) is 11.2. The highest BCUT2D eigenvalue weighted by Gasteiger charge is 2.22. The van der Waals surface area contributed by atoms with Gasteiger partial charge in [0.2, 0.25) is 5.91 Å². The van der Waals surface area contributed by atoms with E-state index in [2.05, 4.69) is 33.0 Å². The molecule has 1 aromatic heterocycles. The van der Waals surface area contributed by atoms with Crippen LogP contribution in [0.15, 0.2) is 35.7 Å². The van der Waals surface area contributed by atoms with Crippen LogP contribution in [0.25, 0.3) is 0 Å². The molecule has 2 rings (SSSR count). The van der Waals surface area contributed by atoms with Gasteiger partial charge in [-0.15, -0.1) is 11.3 Å². The predicted molar refractivity (Wildman–Crippen MR) is 123 cm³/mol. The SMILES string of the molecule is CCCN(Cc1cc(NC(=O)c2cccs2)ccc1N(C)C)C(=O)CC(C)(C)C. The monoisotopic (exact) mass is 415 g/mol. The molecule has 0 saturated heterocycles. The number of carbonyl (C=O) groups is 2. The molecule has 0 spiro atoms. The molecule has 1 heterocycles. The number of nitrogens with one attached hydrogen (secondary N) is 1. The number of thiophene rings is 1. The molecule has 6 heteroatoms. The van der Waals surface area contributed by atoms with E-state index in [0.717, 1.165) is 23.4 Å². The molecule has 2 aromatic rings. The van der Waals surface area contributed by atoms with Crippen molar-refractivity contribution in [1.29, 1.82) is 0 Å². The number of benzene rings is 1. The Balaban J connectivity index is 2.27. The minimum Gasteiger partial charge on any atom is -0.377 e. The third-order valence-electron chi connectivity index (χ3n) is 4.45. The van der Waals surface area contributed by atoms with Crippen LogP contribution >= 0.6 is 11.3 Å². The summed E-state index contributed by atoms with van der Waals surface area (Å²) in [6.45, 7) is 9.58. The number of hydrogen-bond donors (Lipinski definition) is 1. The second-order valence-electron chi connectivity index (χ2n) is 8.72. The molecule has 0 bridgehead atoms. The summed E-state index contributed by atoms with van der Waals surface area (Å²) in [6.07, 6.45) is 1.42. The fourth-order valence-corrected chi connectivity index (χ4v) is 3.78. The molecule has 0 aliphatic heterocycles. The number of amides is 2. The minimum atomic E-state index is -0.113. The predicted octanol–water partition coefficient (Wildman–Crippen LogP) is 5.24. The van der Waals surface area contributed by atoms with Crippen LogP contribution in [0.4, 0.5) is 11.4 Å². The molecular formula is C23H33N3O2S. The first-order valence-corrected chi connectivity index (χ1v) is 10.9. The van der Waals surface area contributed by atoms with Gasteiger partial charge in [-0.1, -0.05) is 33.8 Å². The Morgan fingerprint density at radius 2 is 1.86 bits per heavy atom. The highest BCUT2D eigenvalue weighted by atomic mass is 32.1. The van der Waals surface area contributed by atoms with E-state index < -0.39 is 0 Å². The third-order valence-corrected chi connectivity index (χ3v) is 5.32. The third kappa shape index (κ3) is 6.89. The fraction of sp³-hybridized carbons (Fsp3) is 0.478. The van der Waals surface area contributed by atoms with E-state index in [4.69, 9.17) is 0 Å². The molecule has 1 aromatic carbocycles. The van der Waals surface area contributed by atoms with Crippen molar-refractivity contribution in [3.05, 3.63) is 46.2 Å². The maximum Gasteiger partial charge on any atom is 0.265 e. The highest BCUT2D eigenvalue weighted by Crippen LogP contribution is 2.27. The second kappa shape index (κ2) is 9.92. The van der Waals surface area contributed by atoms with Crippen molar-refractivity contribution in [2.45, 2.75) is 47.1 Å². The minimum absolute atomic E-state index is 0.0516. The zero-order valence-electron chi connectivity index (χ0n) is 18.4. The van der Waals surface area contributed by atoms with E-state index in [-0.39, 0.29) is 17.2 Å². The first kappa shape index (κ1) is 22.9. The van der Waals surface area contributed by atoms with E-state index in [9.17, 15) is 9.59 Å². The summed E-state index contributed by atoms with van der Waals surface area (Å²) in [5.41, 5.74) is 2.76. The van der Waals surface area contributed by atoms with Crippen LogP contribution in [-0.2, 0) is 11.3 Å². The summed E-state index contributed by atoms with van der Waals surface area (Å²) in [5, 5.41) is 4.86. The molecule has 158 valence electrons. The lowest BCUT2D eigenvalue weighted by atomic mass is 9.91. The number of nitrogens with zero attached hydrogens (tertiary/aromatic N) is 2. The standard InChI is InChI=1S/C23H33N3O2S/c1-7-12-26(21(27)15-23(2,3)4)16-17-14-18(10-11-19(17)25(5)6)24-22(28)20-9-8-13-29-20/h8-11,13-14H,7,12,15-16H2,1-6H3,(H,24,28). The topological polar surface area (TPSA) is 52.7 Å². The lowest BCUT2D eigenvalue weighted by Crippen LogP contribution is -2.34. The number of anilines is 2. The molecule has 0 unspecified atom stereocenters. The Morgan fingerprint density at radius 3 is 2.41 bits per heavy atom. The van der Waals surface area contributed by atoms with Gasteiger partial charge in [0.1, 0.15) is 0 Å². The first-order valence-electron chi connectivity index (χ1n) is 10.0. The molecule has 0 saturated carbocycles. The van der Waals surface area contributed by atoms with Gasteiger partial charge < -0.3 is 15.1 Å². The smallest absolute Gasteiger partial charge is 0.265 e. The van der Waals surface area contributed by atoms with Gasteiger partial charge in [-0.05, 0) is 47.0 Å². The van der Waals surface area contributed by atoms with Gasteiger partial charge in [-0.25, -0.2) is 0 Å². The lowest BCUT2D eigenvalue weighted by Gasteiger charge is -2.28. The van der Waals surface area contributed by atoms with Crippen molar-refractivity contribution in [2.24, 2.45) is 5.41 Å². The van der Waals surface area contributed by atoms with Crippen molar-refractivity contribution < 1.29 is 9.59 Å². The van der Waals surface area contributed by atoms with Gasteiger partial charge >= 0.3 is 0 Å². The van der Waals surface area contributed by atoms with Crippen molar-refractivity contribution >= 4 is 34.5 Å². The average molecular weight is 416 g/mol.